The summed E-state index contributed by atoms with van der Waals surface area (Å²) in [6, 6.07) is 0. The first-order valence-corrected chi connectivity index (χ1v) is 11.9. The van der Waals surface area contributed by atoms with Gasteiger partial charge in [0, 0.05) is 63.6 Å². The van der Waals surface area contributed by atoms with E-state index in [0.717, 1.165) is 77.0 Å². The maximum Gasteiger partial charge on any atom is 0.236 e. The van der Waals surface area contributed by atoms with Crippen molar-refractivity contribution in [3.63, 3.8) is 0 Å². The molecule has 0 unspecified atom stereocenters. The van der Waals surface area contributed by atoms with Crippen molar-refractivity contribution in [1.82, 2.24) is 19.8 Å². The molecule has 0 aromatic carbocycles. The summed E-state index contributed by atoms with van der Waals surface area (Å²) in [5.74, 6) is 2.96. The topological polar surface area (TPSA) is 61.8 Å². The van der Waals surface area contributed by atoms with Crippen molar-refractivity contribution < 1.29 is 9.53 Å². The minimum Gasteiger partial charge on any atom is -0.381 e. The number of nitrogens with zero attached hydrogens (tertiary/aromatic N) is 5. The van der Waals surface area contributed by atoms with Crippen molar-refractivity contribution in [2.24, 2.45) is 0 Å². The lowest BCUT2D eigenvalue weighted by Gasteiger charge is -2.37. The van der Waals surface area contributed by atoms with Gasteiger partial charge in [0.1, 0.15) is 11.6 Å². The monoisotopic (exact) mass is 415 g/mol. The summed E-state index contributed by atoms with van der Waals surface area (Å²) in [5.41, 5.74) is 2.50. The first-order chi connectivity index (χ1) is 14.7. The lowest BCUT2D eigenvalue weighted by atomic mass is 10.0. The summed E-state index contributed by atoms with van der Waals surface area (Å²) in [6.07, 6.45) is 6.82. The Morgan fingerprint density at radius 3 is 2.43 bits per heavy atom. The van der Waals surface area contributed by atoms with Crippen LogP contribution in [-0.2, 0) is 22.4 Å². The molecular weight excluding hydrogens is 378 g/mol. The third-order valence-electron chi connectivity index (χ3n) is 6.93. The van der Waals surface area contributed by atoms with Gasteiger partial charge in [-0.1, -0.05) is 12.8 Å². The van der Waals surface area contributed by atoms with Gasteiger partial charge in [0.2, 0.25) is 5.91 Å². The van der Waals surface area contributed by atoms with Gasteiger partial charge in [-0.05, 0) is 26.7 Å². The SMILES string of the molecule is CCN(CC)C(=O)CN1CCN(c2nc(C3CCCC3)nc3c2CCOCC3)CC1. The number of aromatic nitrogens is 2. The molecule has 1 aromatic rings. The molecule has 1 amide bonds. The molecule has 2 aliphatic heterocycles. The van der Waals surface area contributed by atoms with Gasteiger partial charge < -0.3 is 14.5 Å². The molecule has 1 aromatic heterocycles. The van der Waals surface area contributed by atoms with E-state index in [9.17, 15) is 4.79 Å². The van der Waals surface area contributed by atoms with E-state index >= 15 is 0 Å². The molecule has 1 saturated carbocycles. The molecule has 4 rings (SSSR count). The summed E-state index contributed by atoms with van der Waals surface area (Å²) >= 11 is 0. The molecule has 7 nitrogen and oxygen atoms in total. The number of anilines is 1. The van der Waals surface area contributed by atoms with E-state index < -0.39 is 0 Å². The standard InChI is InChI=1S/C23H37N5O2/c1-3-27(4-2)21(29)17-26-11-13-28(14-12-26)23-19-9-15-30-16-10-20(19)24-22(25-23)18-7-5-6-8-18/h18H,3-17H2,1-2H3. The van der Waals surface area contributed by atoms with Gasteiger partial charge >= 0.3 is 0 Å². The third kappa shape index (κ3) is 4.78. The Kier molecular flexibility index (Phi) is 7.20. The highest BCUT2D eigenvalue weighted by atomic mass is 16.5. The second-order valence-corrected chi connectivity index (χ2v) is 8.75. The zero-order valence-electron chi connectivity index (χ0n) is 18.7. The normalized spacial score (nSPS) is 20.8. The molecule has 1 saturated heterocycles. The second kappa shape index (κ2) is 10.1. The van der Waals surface area contributed by atoms with Crippen molar-refractivity contribution in [2.75, 3.05) is 63.9 Å². The predicted octanol–water partition coefficient (Wildman–Crippen LogP) is 2.24. The number of piperazine rings is 1. The van der Waals surface area contributed by atoms with Gasteiger partial charge in [-0.15, -0.1) is 0 Å². The molecule has 30 heavy (non-hydrogen) atoms. The van der Waals surface area contributed by atoms with Crippen LogP contribution in [0.1, 0.15) is 62.5 Å². The number of carbonyl (C=O) groups excluding carboxylic acids is 1. The fraction of sp³-hybridized carbons (Fsp3) is 0.783. The van der Waals surface area contributed by atoms with Crippen LogP contribution in [0, 0.1) is 0 Å². The average Bonchev–Trinajstić information content (AvgIpc) is 3.20. The summed E-state index contributed by atoms with van der Waals surface area (Å²) in [4.78, 5) is 29.3. The zero-order valence-corrected chi connectivity index (χ0v) is 18.7. The Morgan fingerprint density at radius 2 is 1.73 bits per heavy atom. The molecule has 0 spiro atoms. The highest BCUT2D eigenvalue weighted by molar-refractivity contribution is 5.78. The van der Waals surface area contributed by atoms with Crippen LogP contribution >= 0.6 is 0 Å². The van der Waals surface area contributed by atoms with E-state index in [1.165, 1.54) is 36.9 Å². The number of hydrogen-bond donors (Lipinski definition) is 0. The van der Waals surface area contributed by atoms with Crippen LogP contribution in [0.2, 0.25) is 0 Å². The molecule has 166 valence electrons. The number of carbonyl (C=O) groups is 1. The van der Waals surface area contributed by atoms with E-state index in [1.807, 2.05) is 18.7 Å². The van der Waals surface area contributed by atoms with Crippen LogP contribution in [0.25, 0.3) is 0 Å². The first-order valence-electron chi connectivity index (χ1n) is 11.9. The molecule has 0 radical (unpaired) electrons. The molecule has 7 heteroatoms. The van der Waals surface area contributed by atoms with Crippen molar-refractivity contribution in [3.05, 3.63) is 17.1 Å². The summed E-state index contributed by atoms with van der Waals surface area (Å²) in [7, 11) is 0. The molecule has 0 bridgehead atoms. The maximum atomic E-state index is 12.5. The molecule has 0 atom stereocenters. The van der Waals surface area contributed by atoms with Crippen LogP contribution in [0.3, 0.4) is 0 Å². The quantitative estimate of drug-likeness (QED) is 0.710. The van der Waals surface area contributed by atoms with Crippen molar-refractivity contribution >= 4 is 11.7 Å². The van der Waals surface area contributed by atoms with Crippen LogP contribution in [0.15, 0.2) is 0 Å². The molecular formula is C23H37N5O2. The predicted molar refractivity (Wildman–Crippen MR) is 118 cm³/mol. The van der Waals surface area contributed by atoms with E-state index in [-0.39, 0.29) is 5.91 Å². The molecule has 2 fully saturated rings. The van der Waals surface area contributed by atoms with E-state index in [2.05, 4.69) is 9.80 Å². The number of hydrogen-bond acceptors (Lipinski definition) is 6. The zero-order chi connectivity index (χ0) is 20.9. The minimum absolute atomic E-state index is 0.241. The van der Waals surface area contributed by atoms with E-state index in [1.54, 1.807) is 0 Å². The lowest BCUT2D eigenvalue weighted by Crippen LogP contribution is -2.50. The molecule has 3 aliphatic rings. The van der Waals surface area contributed by atoms with Gasteiger partial charge in [-0.2, -0.15) is 0 Å². The number of likely N-dealkylation sites (N-methyl/N-ethyl adjacent to an activating group) is 1. The Balaban J connectivity index is 1.48. The fourth-order valence-electron chi connectivity index (χ4n) is 5.06. The number of fused-ring (bicyclic) bond motifs is 1. The maximum absolute atomic E-state index is 12.5. The van der Waals surface area contributed by atoms with Crippen LogP contribution in [-0.4, -0.2) is 84.7 Å². The van der Waals surface area contributed by atoms with Crippen molar-refractivity contribution in [2.45, 2.75) is 58.3 Å². The smallest absolute Gasteiger partial charge is 0.236 e. The van der Waals surface area contributed by atoms with Crippen molar-refractivity contribution in [1.29, 1.82) is 0 Å². The Labute approximate surface area is 180 Å². The highest BCUT2D eigenvalue weighted by Gasteiger charge is 2.28. The molecule has 1 aliphatic carbocycles. The Bertz CT molecular complexity index is 723. The first kappa shape index (κ1) is 21.5. The van der Waals surface area contributed by atoms with E-state index in [0.29, 0.717) is 12.5 Å². The van der Waals surface area contributed by atoms with Gasteiger partial charge in [-0.3, -0.25) is 9.69 Å². The van der Waals surface area contributed by atoms with E-state index in [4.69, 9.17) is 14.7 Å². The summed E-state index contributed by atoms with van der Waals surface area (Å²) < 4.78 is 5.75. The van der Waals surface area contributed by atoms with Gasteiger partial charge in [-0.25, -0.2) is 9.97 Å². The number of ether oxygens (including phenoxy) is 1. The van der Waals surface area contributed by atoms with Crippen molar-refractivity contribution in [3.8, 4) is 0 Å². The van der Waals surface area contributed by atoms with Gasteiger partial charge in [0.25, 0.3) is 0 Å². The highest BCUT2D eigenvalue weighted by Crippen LogP contribution is 2.35. The van der Waals surface area contributed by atoms with Gasteiger partial charge in [0.05, 0.1) is 25.5 Å². The van der Waals surface area contributed by atoms with Crippen LogP contribution < -0.4 is 4.90 Å². The van der Waals surface area contributed by atoms with Crippen LogP contribution in [0.4, 0.5) is 5.82 Å². The summed E-state index contributed by atoms with van der Waals surface area (Å²) in [6.45, 7) is 11.3. The summed E-state index contributed by atoms with van der Waals surface area (Å²) in [5, 5.41) is 0. The Hall–Kier alpha value is -1.73. The van der Waals surface area contributed by atoms with Gasteiger partial charge in [0.15, 0.2) is 0 Å². The largest absolute Gasteiger partial charge is 0.381 e. The molecule has 0 N–H and O–H groups in total. The average molecular weight is 416 g/mol. The minimum atomic E-state index is 0.241. The third-order valence-corrected chi connectivity index (χ3v) is 6.93. The lowest BCUT2D eigenvalue weighted by molar-refractivity contribution is -0.132. The Morgan fingerprint density at radius 1 is 1.03 bits per heavy atom. The number of amides is 1. The number of rotatable bonds is 6. The second-order valence-electron chi connectivity index (χ2n) is 8.75. The van der Waals surface area contributed by atoms with Crippen LogP contribution in [0.5, 0.6) is 0 Å². The molecule has 3 heterocycles. The fourth-order valence-corrected chi connectivity index (χ4v) is 5.06.